The average molecular weight is 578 g/mol. The number of rotatable bonds is 8. The molecule has 1 aromatic heterocycles. The second-order valence-corrected chi connectivity index (χ2v) is 11.6. The fourth-order valence-corrected chi connectivity index (χ4v) is 6.16. The van der Waals surface area contributed by atoms with Crippen molar-refractivity contribution in [3.63, 3.8) is 0 Å². The Morgan fingerprint density at radius 1 is 1.19 bits per heavy atom. The van der Waals surface area contributed by atoms with Gasteiger partial charge >= 0.3 is 0 Å². The van der Waals surface area contributed by atoms with E-state index in [0.717, 1.165) is 23.5 Å². The number of ether oxygens (including phenoxy) is 1. The van der Waals surface area contributed by atoms with Gasteiger partial charge in [0.15, 0.2) is 0 Å². The number of hydrogen-bond donors (Lipinski definition) is 0. The summed E-state index contributed by atoms with van der Waals surface area (Å²) in [4.78, 5) is 25.9. The highest BCUT2D eigenvalue weighted by Crippen LogP contribution is 2.40. The highest BCUT2D eigenvalue weighted by Gasteiger charge is 2.35. The monoisotopic (exact) mass is 577 g/mol. The Hall–Kier alpha value is -4.60. The molecule has 9 nitrogen and oxygen atoms in total. The van der Waals surface area contributed by atoms with Crippen molar-refractivity contribution in [3.8, 4) is 18.0 Å². The Morgan fingerprint density at radius 2 is 1.95 bits per heavy atom. The van der Waals surface area contributed by atoms with Gasteiger partial charge in [0.25, 0.3) is 0 Å². The van der Waals surface area contributed by atoms with Crippen LogP contribution >= 0.6 is 0 Å². The fraction of sp³-hybridized carbons (Fsp3) is 0.412. The molecule has 9 heteroatoms. The molecule has 43 heavy (non-hydrogen) atoms. The second kappa shape index (κ2) is 12.7. The quantitative estimate of drug-likeness (QED) is 0.363. The highest BCUT2D eigenvalue weighted by atomic mass is 16.5. The summed E-state index contributed by atoms with van der Waals surface area (Å²) < 4.78 is 6.28. The Bertz CT molecular complexity index is 1610. The van der Waals surface area contributed by atoms with Gasteiger partial charge in [-0.15, -0.1) is 0 Å². The number of fused-ring (bicyclic) bond motifs is 2. The summed E-state index contributed by atoms with van der Waals surface area (Å²) in [6.45, 7) is 11.0. The van der Waals surface area contributed by atoms with Gasteiger partial charge in [-0.1, -0.05) is 36.9 Å². The number of nitriles is 2. The van der Waals surface area contributed by atoms with Crippen LogP contribution in [0.5, 0.6) is 5.88 Å². The molecule has 1 amide bonds. The smallest absolute Gasteiger partial charge is 0.246 e. The molecule has 2 atom stereocenters. The zero-order valence-electron chi connectivity index (χ0n) is 25.5. The minimum atomic E-state index is -0.309. The van der Waals surface area contributed by atoms with E-state index in [1.54, 1.807) is 4.90 Å². The number of benzene rings is 2. The third kappa shape index (κ3) is 5.86. The summed E-state index contributed by atoms with van der Waals surface area (Å²) in [5.41, 5.74) is 5.56. The van der Waals surface area contributed by atoms with E-state index in [1.165, 1.54) is 28.1 Å². The molecule has 3 heterocycles. The third-order valence-corrected chi connectivity index (χ3v) is 8.76. The van der Waals surface area contributed by atoms with Crippen LogP contribution in [0.4, 0.5) is 11.4 Å². The maximum atomic E-state index is 12.6. The largest absolute Gasteiger partial charge is 0.475 e. The second-order valence-electron chi connectivity index (χ2n) is 11.6. The Kier molecular flexibility index (Phi) is 8.84. The standard InChI is InChI=1S/C34H39N7O2/c1-6-31(42)41-18-17-40(20-26(41)13-15-35)33-27-14-16-39(30-12-8-11-25-10-7-9-23(2)32(25)30)21-29(27)37-34(28(33)19-36)43-22-24(3)38(4)5/h6-12,24,26H,1,13-14,16-18,20-22H2,2-5H3/t24?,26-/m0/s1. The lowest BCUT2D eigenvalue weighted by Crippen LogP contribution is -2.55. The predicted molar refractivity (Wildman–Crippen MR) is 169 cm³/mol. The Labute approximate surface area is 254 Å². The molecule has 0 spiro atoms. The number of carbonyl (C=O) groups is 1. The van der Waals surface area contributed by atoms with Gasteiger partial charge in [0, 0.05) is 48.9 Å². The number of pyridine rings is 1. The van der Waals surface area contributed by atoms with Gasteiger partial charge in [0.05, 0.1) is 36.5 Å². The molecule has 0 N–H and O–H groups in total. The van der Waals surface area contributed by atoms with Gasteiger partial charge in [-0.2, -0.15) is 10.5 Å². The first kappa shape index (κ1) is 29.9. The first-order chi connectivity index (χ1) is 20.8. The average Bonchev–Trinajstić information content (AvgIpc) is 3.02. The number of likely N-dealkylation sites (N-methyl/N-ethyl adjacent to an activating group) is 1. The number of hydrogen-bond acceptors (Lipinski definition) is 8. The van der Waals surface area contributed by atoms with Crippen molar-refractivity contribution in [2.24, 2.45) is 0 Å². The highest BCUT2D eigenvalue weighted by molar-refractivity contribution is 5.97. The lowest BCUT2D eigenvalue weighted by atomic mass is 9.95. The molecule has 222 valence electrons. The fourth-order valence-electron chi connectivity index (χ4n) is 6.16. The van der Waals surface area contributed by atoms with E-state index in [2.05, 4.69) is 83.7 Å². The first-order valence-corrected chi connectivity index (χ1v) is 14.8. The van der Waals surface area contributed by atoms with E-state index in [9.17, 15) is 15.3 Å². The maximum absolute atomic E-state index is 12.6. The molecule has 2 aromatic carbocycles. The van der Waals surface area contributed by atoms with Crippen molar-refractivity contribution in [3.05, 3.63) is 71.4 Å². The van der Waals surface area contributed by atoms with Crippen LogP contribution in [0, 0.1) is 29.6 Å². The van der Waals surface area contributed by atoms with Gasteiger partial charge in [0.2, 0.25) is 11.8 Å². The van der Waals surface area contributed by atoms with Crippen molar-refractivity contribution in [2.45, 2.75) is 45.3 Å². The number of carbonyl (C=O) groups excluding carboxylic acids is 1. The molecule has 0 bridgehead atoms. The lowest BCUT2D eigenvalue weighted by Gasteiger charge is -2.43. The van der Waals surface area contributed by atoms with Crippen LogP contribution in [0.25, 0.3) is 10.8 Å². The van der Waals surface area contributed by atoms with E-state index in [1.807, 2.05) is 14.1 Å². The van der Waals surface area contributed by atoms with Crippen LogP contribution in [0.1, 0.15) is 35.7 Å². The normalized spacial score (nSPS) is 17.3. The van der Waals surface area contributed by atoms with E-state index < -0.39 is 0 Å². The molecule has 1 unspecified atom stereocenters. The van der Waals surface area contributed by atoms with Crippen LogP contribution in [0.15, 0.2) is 49.1 Å². The van der Waals surface area contributed by atoms with E-state index in [-0.39, 0.29) is 24.4 Å². The number of anilines is 2. The molecule has 2 aliphatic rings. The maximum Gasteiger partial charge on any atom is 0.246 e. The van der Waals surface area contributed by atoms with E-state index in [0.29, 0.717) is 50.7 Å². The van der Waals surface area contributed by atoms with Crippen LogP contribution in [0.2, 0.25) is 0 Å². The van der Waals surface area contributed by atoms with Gasteiger partial charge in [-0.25, -0.2) is 4.98 Å². The molecule has 0 aliphatic carbocycles. The van der Waals surface area contributed by atoms with Crippen LogP contribution in [-0.4, -0.2) is 79.7 Å². The molecule has 3 aromatic rings. The first-order valence-electron chi connectivity index (χ1n) is 14.8. The predicted octanol–water partition coefficient (Wildman–Crippen LogP) is 4.42. The topological polar surface area (TPSA) is 99.7 Å². The minimum absolute atomic E-state index is 0.122. The number of amides is 1. The van der Waals surface area contributed by atoms with Crippen molar-refractivity contribution in [2.75, 3.05) is 56.7 Å². The zero-order valence-corrected chi connectivity index (χ0v) is 25.5. The summed E-state index contributed by atoms with van der Waals surface area (Å²) in [6, 6.07) is 17.3. The summed E-state index contributed by atoms with van der Waals surface area (Å²) in [5, 5.41) is 22.5. The van der Waals surface area contributed by atoms with Gasteiger partial charge in [-0.05, 0) is 57.5 Å². The third-order valence-electron chi connectivity index (χ3n) is 8.76. The number of nitrogens with zero attached hydrogens (tertiary/aromatic N) is 7. The lowest BCUT2D eigenvalue weighted by molar-refractivity contribution is -0.128. The van der Waals surface area contributed by atoms with Gasteiger partial charge in [-0.3, -0.25) is 4.79 Å². The van der Waals surface area contributed by atoms with Crippen LogP contribution < -0.4 is 14.5 Å². The van der Waals surface area contributed by atoms with Crippen LogP contribution in [-0.2, 0) is 17.8 Å². The van der Waals surface area contributed by atoms with E-state index >= 15 is 0 Å². The summed E-state index contributed by atoms with van der Waals surface area (Å²) in [5.74, 6) is 0.155. The summed E-state index contributed by atoms with van der Waals surface area (Å²) in [6.07, 6.45) is 2.21. The van der Waals surface area contributed by atoms with E-state index in [4.69, 9.17) is 9.72 Å². The van der Waals surface area contributed by atoms with Crippen molar-refractivity contribution in [1.82, 2.24) is 14.8 Å². The van der Waals surface area contributed by atoms with Crippen molar-refractivity contribution < 1.29 is 9.53 Å². The van der Waals surface area contributed by atoms with Gasteiger partial charge < -0.3 is 24.3 Å². The molecule has 0 saturated carbocycles. The molecule has 5 rings (SSSR count). The molecule has 2 aliphatic heterocycles. The molecule has 1 fully saturated rings. The summed E-state index contributed by atoms with van der Waals surface area (Å²) in [7, 11) is 3.99. The minimum Gasteiger partial charge on any atom is -0.475 e. The van der Waals surface area contributed by atoms with Crippen molar-refractivity contribution >= 4 is 28.1 Å². The number of aromatic nitrogens is 1. The Morgan fingerprint density at radius 3 is 2.65 bits per heavy atom. The number of aryl methyl sites for hydroxylation is 1. The molecule has 0 radical (unpaired) electrons. The van der Waals surface area contributed by atoms with Gasteiger partial charge in [0.1, 0.15) is 18.2 Å². The summed E-state index contributed by atoms with van der Waals surface area (Å²) >= 11 is 0. The number of piperazine rings is 1. The zero-order chi connectivity index (χ0) is 30.7. The molecular weight excluding hydrogens is 538 g/mol. The SMILES string of the molecule is C=CC(=O)N1CCN(c2c(C#N)c(OCC(C)N(C)C)nc3c2CCN(c2cccc4cccc(C)c24)C3)C[C@@H]1CC#N. The Balaban J connectivity index is 1.58. The molecule has 1 saturated heterocycles. The molecular formula is C34H39N7O2. The van der Waals surface area contributed by atoms with Crippen LogP contribution in [0.3, 0.4) is 0 Å². The van der Waals surface area contributed by atoms with Crippen molar-refractivity contribution in [1.29, 1.82) is 10.5 Å².